The van der Waals surface area contributed by atoms with Gasteiger partial charge in [-0.15, -0.1) is 0 Å². The van der Waals surface area contributed by atoms with Crippen molar-refractivity contribution in [3.63, 3.8) is 0 Å². The van der Waals surface area contributed by atoms with E-state index in [1.165, 1.54) is 22.1 Å². The van der Waals surface area contributed by atoms with Crippen LogP contribution >= 0.6 is 23.2 Å². The Balaban J connectivity index is 1.89. The summed E-state index contributed by atoms with van der Waals surface area (Å²) in [5.41, 5.74) is 7.73. The van der Waals surface area contributed by atoms with Gasteiger partial charge in [0.15, 0.2) is 0 Å². The van der Waals surface area contributed by atoms with Gasteiger partial charge in [0.25, 0.3) is 0 Å². The van der Waals surface area contributed by atoms with Crippen LogP contribution in [0.2, 0.25) is 0 Å². The van der Waals surface area contributed by atoms with E-state index in [-0.39, 0.29) is 0 Å². The summed E-state index contributed by atoms with van der Waals surface area (Å²) in [5, 5.41) is 13.2. The van der Waals surface area contributed by atoms with Crippen LogP contribution in [-0.2, 0) is 12.8 Å². The van der Waals surface area contributed by atoms with Gasteiger partial charge in [-0.1, -0.05) is 41.4 Å². The number of H-pyrrole nitrogens is 1. The molecule has 0 aliphatic heterocycles. The minimum Gasteiger partial charge on any atom is -0.277 e. The number of nitrogens with zero attached hydrogens (tertiary/aromatic N) is 2. The molecular formula is C22H15Cl2N3. The fourth-order valence-electron chi connectivity index (χ4n) is 4.57. The highest BCUT2D eigenvalue weighted by Crippen LogP contribution is 2.43. The molecule has 4 aromatic rings. The largest absolute Gasteiger partial charge is 0.277 e. The maximum absolute atomic E-state index is 6.47. The molecule has 0 saturated heterocycles. The third kappa shape index (κ3) is 2.16. The van der Waals surface area contributed by atoms with Crippen molar-refractivity contribution < 1.29 is 0 Å². The number of allylic oxidation sites excluding steroid dienone is 2. The predicted octanol–water partition coefficient (Wildman–Crippen LogP) is 6.32. The monoisotopic (exact) mass is 391 g/mol. The molecule has 0 unspecified atom stereocenters. The molecule has 5 heteroatoms. The average molecular weight is 392 g/mol. The van der Waals surface area contributed by atoms with Gasteiger partial charge < -0.3 is 0 Å². The highest BCUT2D eigenvalue weighted by molar-refractivity contribution is 6.33. The summed E-state index contributed by atoms with van der Waals surface area (Å²) in [6.45, 7) is 0. The molecule has 0 fully saturated rings. The number of aromatic nitrogens is 3. The number of benzene rings is 2. The molecule has 2 aromatic heterocycles. The first kappa shape index (κ1) is 15.7. The van der Waals surface area contributed by atoms with Crippen molar-refractivity contribution in [2.45, 2.75) is 25.7 Å². The summed E-state index contributed by atoms with van der Waals surface area (Å²) in [6.07, 6.45) is 7.73. The zero-order valence-electron chi connectivity index (χ0n) is 14.4. The highest BCUT2D eigenvalue weighted by atomic mass is 35.5. The van der Waals surface area contributed by atoms with Crippen LogP contribution in [0, 0.1) is 0 Å². The van der Waals surface area contributed by atoms with Crippen LogP contribution in [0.1, 0.15) is 35.2 Å². The number of aromatic amines is 1. The molecule has 0 bridgehead atoms. The number of hydrogen-bond acceptors (Lipinski definition) is 2. The lowest BCUT2D eigenvalue weighted by molar-refractivity contribution is 0.960. The lowest BCUT2D eigenvalue weighted by Gasteiger charge is -2.19. The Morgan fingerprint density at radius 1 is 0.815 bits per heavy atom. The number of rotatable bonds is 0. The Morgan fingerprint density at radius 2 is 1.59 bits per heavy atom. The molecule has 1 N–H and O–H groups in total. The van der Waals surface area contributed by atoms with E-state index < -0.39 is 0 Å². The molecular weight excluding hydrogens is 377 g/mol. The van der Waals surface area contributed by atoms with E-state index in [2.05, 4.69) is 29.4 Å². The van der Waals surface area contributed by atoms with Crippen LogP contribution in [0.4, 0.5) is 0 Å². The van der Waals surface area contributed by atoms with Crippen LogP contribution in [-0.4, -0.2) is 15.2 Å². The fraction of sp³-hybridized carbons (Fsp3) is 0.182. The quantitative estimate of drug-likeness (QED) is 0.356. The number of nitrogens with one attached hydrogen (secondary N) is 1. The first-order valence-corrected chi connectivity index (χ1v) is 9.92. The van der Waals surface area contributed by atoms with E-state index in [9.17, 15) is 0 Å². The molecule has 132 valence electrons. The molecule has 2 heterocycles. The van der Waals surface area contributed by atoms with Gasteiger partial charge in [0.1, 0.15) is 5.52 Å². The molecule has 0 radical (unpaired) electrons. The lowest BCUT2D eigenvalue weighted by Crippen LogP contribution is -2.03. The maximum atomic E-state index is 6.47. The van der Waals surface area contributed by atoms with E-state index in [1.807, 2.05) is 12.1 Å². The van der Waals surface area contributed by atoms with Gasteiger partial charge in [-0.2, -0.15) is 5.10 Å². The van der Waals surface area contributed by atoms with Crippen LogP contribution in [0.15, 0.2) is 34.3 Å². The van der Waals surface area contributed by atoms with Gasteiger partial charge >= 0.3 is 0 Å². The molecule has 6 rings (SSSR count). The number of aryl methyl sites for hydroxylation is 2. The van der Waals surface area contributed by atoms with Crippen molar-refractivity contribution >= 4 is 68.1 Å². The van der Waals surface area contributed by atoms with Crippen LogP contribution in [0.25, 0.3) is 44.9 Å². The van der Waals surface area contributed by atoms with E-state index in [1.54, 1.807) is 0 Å². The predicted molar refractivity (Wildman–Crippen MR) is 113 cm³/mol. The second kappa shape index (κ2) is 5.57. The number of fused-ring (bicyclic) bond motifs is 10. The summed E-state index contributed by atoms with van der Waals surface area (Å²) in [5.74, 6) is 0. The molecule has 0 amide bonds. The molecule has 27 heavy (non-hydrogen) atoms. The first-order valence-electron chi connectivity index (χ1n) is 9.17. The average Bonchev–Trinajstić information content (AvgIpc) is 3.06. The molecule has 2 aliphatic carbocycles. The summed E-state index contributed by atoms with van der Waals surface area (Å²) >= 11 is 12.8. The van der Waals surface area contributed by atoms with Gasteiger partial charge in [-0.3, -0.25) is 5.10 Å². The molecule has 2 aromatic carbocycles. The summed E-state index contributed by atoms with van der Waals surface area (Å²) in [6, 6.07) is 8.27. The normalized spacial score (nSPS) is 16.4. The van der Waals surface area contributed by atoms with Crippen LogP contribution in [0.5, 0.6) is 0 Å². The van der Waals surface area contributed by atoms with Crippen LogP contribution < -0.4 is 0 Å². The van der Waals surface area contributed by atoms with Crippen molar-refractivity contribution in [1.82, 2.24) is 15.2 Å². The zero-order valence-corrected chi connectivity index (χ0v) is 16.0. The SMILES string of the molecule is ClC1=Cc2nc3c(c2CC1)c1c(c2c4ccccc4[nH]nc32)C=C(Cl)CC1. The van der Waals surface area contributed by atoms with E-state index in [0.29, 0.717) is 0 Å². The van der Waals surface area contributed by atoms with E-state index in [4.69, 9.17) is 33.3 Å². The number of hydrogen-bond donors (Lipinski definition) is 1. The van der Waals surface area contributed by atoms with Crippen molar-refractivity contribution in [2.24, 2.45) is 0 Å². The van der Waals surface area contributed by atoms with Gasteiger partial charge in [0, 0.05) is 26.2 Å². The standard InChI is InChI=1S/C22H15Cl2N3/c23-11-5-7-13-16(9-11)20-14-3-1-2-4-17(14)26-27-22(20)21-19(13)15-8-6-12(24)10-18(15)25-21/h1-4,9-10,26H,5-8H2. The third-order valence-electron chi connectivity index (χ3n) is 5.74. The summed E-state index contributed by atoms with van der Waals surface area (Å²) < 4.78 is 0. The zero-order chi connectivity index (χ0) is 18.1. The molecule has 3 nitrogen and oxygen atoms in total. The Bertz CT molecular complexity index is 1340. The fourth-order valence-corrected chi connectivity index (χ4v) is 4.97. The maximum Gasteiger partial charge on any atom is 0.118 e. The Labute approximate surface area is 165 Å². The Hall–Kier alpha value is -2.36. The minimum atomic E-state index is 0.871. The van der Waals surface area contributed by atoms with Crippen molar-refractivity contribution in [3.05, 3.63) is 56.7 Å². The van der Waals surface area contributed by atoms with Crippen molar-refractivity contribution in [2.75, 3.05) is 0 Å². The minimum absolute atomic E-state index is 0.871. The second-order valence-electron chi connectivity index (χ2n) is 7.27. The topological polar surface area (TPSA) is 41.6 Å². The van der Waals surface area contributed by atoms with Crippen LogP contribution in [0.3, 0.4) is 0 Å². The van der Waals surface area contributed by atoms with E-state index >= 15 is 0 Å². The summed E-state index contributed by atoms with van der Waals surface area (Å²) in [4.78, 5) is 4.97. The Morgan fingerprint density at radius 3 is 2.48 bits per heavy atom. The molecule has 0 saturated carbocycles. The number of para-hydroxylation sites is 1. The smallest absolute Gasteiger partial charge is 0.118 e. The van der Waals surface area contributed by atoms with Crippen molar-refractivity contribution in [1.29, 1.82) is 0 Å². The lowest BCUT2D eigenvalue weighted by atomic mass is 9.86. The second-order valence-corrected chi connectivity index (χ2v) is 8.24. The van der Waals surface area contributed by atoms with Crippen molar-refractivity contribution in [3.8, 4) is 0 Å². The first-order chi connectivity index (χ1) is 13.2. The van der Waals surface area contributed by atoms with Gasteiger partial charge in [-0.25, -0.2) is 4.98 Å². The van der Waals surface area contributed by atoms with Gasteiger partial charge in [0.05, 0.1) is 16.7 Å². The Kier molecular flexibility index (Phi) is 3.23. The van der Waals surface area contributed by atoms with Gasteiger partial charge in [-0.05, 0) is 60.6 Å². The highest BCUT2D eigenvalue weighted by Gasteiger charge is 2.26. The molecule has 0 spiro atoms. The molecule has 0 atom stereocenters. The third-order valence-corrected chi connectivity index (χ3v) is 6.34. The molecule has 2 aliphatic rings. The number of halogens is 2. The summed E-state index contributed by atoms with van der Waals surface area (Å²) in [7, 11) is 0. The van der Waals surface area contributed by atoms with Gasteiger partial charge in [0.2, 0.25) is 0 Å². The van der Waals surface area contributed by atoms with E-state index in [0.717, 1.165) is 68.8 Å².